The van der Waals surface area contributed by atoms with E-state index in [2.05, 4.69) is 21.4 Å². The van der Waals surface area contributed by atoms with Gasteiger partial charge in [0.05, 0.1) is 18.5 Å². The maximum Gasteiger partial charge on any atom is 0.147 e. The molecule has 0 saturated heterocycles. The van der Waals surface area contributed by atoms with Gasteiger partial charge in [-0.3, -0.25) is 4.98 Å². The van der Waals surface area contributed by atoms with E-state index in [0.29, 0.717) is 0 Å². The van der Waals surface area contributed by atoms with E-state index in [1.165, 1.54) is 5.56 Å². The van der Waals surface area contributed by atoms with Gasteiger partial charge in [-0.2, -0.15) is 0 Å². The minimum Gasteiger partial charge on any atom is -0.496 e. The molecule has 100 valence electrons. The van der Waals surface area contributed by atoms with Crippen LogP contribution < -0.4 is 10.1 Å². The Morgan fingerprint density at radius 1 is 1.21 bits per heavy atom. The Kier molecular flexibility index (Phi) is 4.34. The molecule has 0 atom stereocenters. The van der Waals surface area contributed by atoms with Gasteiger partial charge in [0, 0.05) is 12.7 Å². The lowest BCUT2D eigenvalue weighted by Gasteiger charge is -2.10. The fourth-order valence-electron chi connectivity index (χ4n) is 1.93. The Labute approximate surface area is 113 Å². The molecule has 4 heteroatoms. The van der Waals surface area contributed by atoms with Gasteiger partial charge in [0.1, 0.15) is 11.6 Å². The van der Waals surface area contributed by atoms with Crippen LogP contribution in [0.3, 0.4) is 0 Å². The topological polar surface area (TPSA) is 47.0 Å². The quantitative estimate of drug-likeness (QED) is 0.894. The van der Waals surface area contributed by atoms with Gasteiger partial charge in [0.25, 0.3) is 0 Å². The number of hydrogen-bond acceptors (Lipinski definition) is 4. The van der Waals surface area contributed by atoms with Crippen LogP contribution in [0.15, 0.2) is 30.5 Å². The summed E-state index contributed by atoms with van der Waals surface area (Å²) in [6.45, 7) is 4.70. The van der Waals surface area contributed by atoms with Gasteiger partial charge in [0.15, 0.2) is 0 Å². The molecule has 0 amide bonds. The summed E-state index contributed by atoms with van der Waals surface area (Å²) in [5.74, 6) is 1.78. The predicted octanol–water partition coefficient (Wildman–Crippen LogP) is 2.76. The number of methoxy groups -OCH3 is 1. The van der Waals surface area contributed by atoms with E-state index in [1.807, 2.05) is 32.0 Å². The lowest BCUT2D eigenvalue weighted by atomic mass is 10.1. The number of nitrogens with one attached hydrogen (secondary N) is 1. The molecule has 0 radical (unpaired) electrons. The van der Waals surface area contributed by atoms with Crippen LogP contribution in [0.1, 0.15) is 17.0 Å². The molecule has 0 saturated carbocycles. The van der Waals surface area contributed by atoms with Crippen molar-refractivity contribution in [1.82, 2.24) is 9.97 Å². The van der Waals surface area contributed by atoms with Gasteiger partial charge in [-0.05, 0) is 31.9 Å². The molecule has 2 aromatic rings. The number of anilines is 1. The molecule has 0 aliphatic carbocycles. The Morgan fingerprint density at radius 3 is 2.79 bits per heavy atom. The summed E-state index contributed by atoms with van der Waals surface area (Å²) < 4.78 is 5.34. The third-order valence-electron chi connectivity index (χ3n) is 2.96. The Balaban J connectivity index is 1.98. The van der Waals surface area contributed by atoms with Crippen LogP contribution in [0.2, 0.25) is 0 Å². The van der Waals surface area contributed by atoms with E-state index in [4.69, 9.17) is 4.74 Å². The average Bonchev–Trinajstić information content (AvgIpc) is 2.43. The summed E-state index contributed by atoms with van der Waals surface area (Å²) in [6.07, 6.45) is 2.67. The Bertz CT molecular complexity index is 555. The highest BCUT2D eigenvalue weighted by molar-refractivity contribution is 5.40. The molecule has 19 heavy (non-hydrogen) atoms. The van der Waals surface area contributed by atoms with E-state index >= 15 is 0 Å². The highest BCUT2D eigenvalue weighted by Crippen LogP contribution is 2.18. The van der Waals surface area contributed by atoms with Crippen molar-refractivity contribution < 1.29 is 4.74 Å². The molecule has 0 aliphatic rings. The normalized spacial score (nSPS) is 10.3. The summed E-state index contributed by atoms with van der Waals surface area (Å²) in [5.41, 5.74) is 3.03. The molecule has 1 aromatic heterocycles. The third kappa shape index (κ3) is 3.44. The summed E-state index contributed by atoms with van der Waals surface area (Å²) in [6, 6.07) is 8.06. The second-order valence-corrected chi connectivity index (χ2v) is 4.43. The number of nitrogens with zero attached hydrogens (tertiary/aromatic N) is 2. The van der Waals surface area contributed by atoms with Crippen LogP contribution >= 0.6 is 0 Å². The van der Waals surface area contributed by atoms with Gasteiger partial charge >= 0.3 is 0 Å². The van der Waals surface area contributed by atoms with Gasteiger partial charge in [-0.15, -0.1) is 0 Å². The van der Waals surface area contributed by atoms with Crippen LogP contribution in [0.25, 0.3) is 0 Å². The van der Waals surface area contributed by atoms with Crippen molar-refractivity contribution in [2.45, 2.75) is 20.3 Å². The van der Waals surface area contributed by atoms with Gasteiger partial charge in [0.2, 0.25) is 0 Å². The molecular weight excluding hydrogens is 238 g/mol. The molecule has 1 aromatic carbocycles. The molecule has 0 fully saturated rings. The largest absolute Gasteiger partial charge is 0.496 e. The molecular formula is C15H19N3O. The van der Waals surface area contributed by atoms with Crippen LogP contribution in [0.4, 0.5) is 5.82 Å². The third-order valence-corrected chi connectivity index (χ3v) is 2.96. The SMILES string of the molecule is COc1ccccc1CCNc1nc(C)cnc1C. The van der Waals surface area contributed by atoms with Crippen LogP contribution in [0, 0.1) is 13.8 Å². The first-order valence-corrected chi connectivity index (χ1v) is 6.36. The minimum absolute atomic E-state index is 0.805. The zero-order valence-corrected chi connectivity index (χ0v) is 11.6. The number of aryl methyl sites for hydroxylation is 2. The van der Waals surface area contributed by atoms with Gasteiger partial charge in [-0.1, -0.05) is 18.2 Å². The second kappa shape index (κ2) is 6.18. The summed E-state index contributed by atoms with van der Waals surface area (Å²) >= 11 is 0. The predicted molar refractivity (Wildman–Crippen MR) is 76.7 cm³/mol. The standard InChI is InChI=1S/C15H19N3O/c1-11-10-17-12(2)15(18-11)16-9-8-13-6-4-5-7-14(13)19-3/h4-7,10H,8-9H2,1-3H3,(H,16,18). The first-order chi connectivity index (χ1) is 9.20. The lowest BCUT2D eigenvalue weighted by molar-refractivity contribution is 0.410. The maximum atomic E-state index is 5.34. The van der Waals surface area contributed by atoms with Crippen LogP contribution in [0.5, 0.6) is 5.75 Å². The zero-order chi connectivity index (χ0) is 13.7. The van der Waals surface area contributed by atoms with E-state index < -0.39 is 0 Å². The fraction of sp³-hybridized carbons (Fsp3) is 0.333. The summed E-state index contributed by atoms with van der Waals surface area (Å²) in [7, 11) is 1.70. The number of rotatable bonds is 5. The van der Waals surface area contributed by atoms with Crippen molar-refractivity contribution in [1.29, 1.82) is 0 Å². The molecule has 1 N–H and O–H groups in total. The molecule has 0 unspecified atom stereocenters. The van der Waals surface area contributed by atoms with Crippen LogP contribution in [-0.2, 0) is 6.42 Å². The second-order valence-electron chi connectivity index (χ2n) is 4.43. The first-order valence-electron chi connectivity index (χ1n) is 6.36. The van der Waals surface area contributed by atoms with Crippen LogP contribution in [-0.4, -0.2) is 23.6 Å². The number of aromatic nitrogens is 2. The van der Waals surface area contributed by atoms with Crippen molar-refractivity contribution in [3.63, 3.8) is 0 Å². The Hall–Kier alpha value is -2.10. The molecule has 2 rings (SSSR count). The highest BCUT2D eigenvalue weighted by atomic mass is 16.5. The van der Waals surface area contributed by atoms with E-state index in [0.717, 1.165) is 35.9 Å². The van der Waals surface area contributed by atoms with E-state index in [-0.39, 0.29) is 0 Å². The number of benzene rings is 1. The first kappa shape index (κ1) is 13.3. The van der Waals surface area contributed by atoms with E-state index in [1.54, 1.807) is 13.3 Å². The maximum absolute atomic E-state index is 5.34. The molecule has 4 nitrogen and oxygen atoms in total. The van der Waals surface area contributed by atoms with E-state index in [9.17, 15) is 0 Å². The number of para-hydroxylation sites is 1. The molecule has 0 bridgehead atoms. The highest BCUT2D eigenvalue weighted by Gasteiger charge is 2.04. The fourth-order valence-corrected chi connectivity index (χ4v) is 1.93. The van der Waals surface area contributed by atoms with Crippen molar-refractivity contribution >= 4 is 5.82 Å². The van der Waals surface area contributed by atoms with Crippen molar-refractivity contribution in [2.75, 3.05) is 19.0 Å². The molecule has 0 spiro atoms. The smallest absolute Gasteiger partial charge is 0.147 e. The minimum atomic E-state index is 0.805. The van der Waals surface area contributed by atoms with Crippen molar-refractivity contribution in [2.24, 2.45) is 0 Å². The van der Waals surface area contributed by atoms with Crippen molar-refractivity contribution in [3.8, 4) is 5.75 Å². The van der Waals surface area contributed by atoms with Crippen molar-refractivity contribution in [3.05, 3.63) is 47.4 Å². The Morgan fingerprint density at radius 2 is 2.00 bits per heavy atom. The lowest BCUT2D eigenvalue weighted by Crippen LogP contribution is -2.09. The molecule has 1 heterocycles. The monoisotopic (exact) mass is 257 g/mol. The number of hydrogen-bond donors (Lipinski definition) is 1. The zero-order valence-electron chi connectivity index (χ0n) is 11.6. The average molecular weight is 257 g/mol. The summed E-state index contributed by atoms with van der Waals surface area (Å²) in [5, 5.41) is 3.32. The summed E-state index contributed by atoms with van der Waals surface area (Å²) in [4.78, 5) is 8.73. The molecule has 0 aliphatic heterocycles. The van der Waals surface area contributed by atoms with Gasteiger partial charge < -0.3 is 10.1 Å². The number of ether oxygens (including phenoxy) is 1. The van der Waals surface area contributed by atoms with Gasteiger partial charge in [-0.25, -0.2) is 4.98 Å².